The summed E-state index contributed by atoms with van der Waals surface area (Å²) in [7, 11) is 0. The van der Waals surface area contributed by atoms with Crippen LogP contribution in [0.5, 0.6) is 0 Å². The van der Waals surface area contributed by atoms with Gasteiger partial charge in [-0.2, -0.15) is 0 Å². The zero-order valence-electron chi connectivity index (χ0n) is 12.5. The van der Waals surface area contributed by atoms with Gasteiger partial charge in [-0.1, -0.05) is 36.4 Å². The van der Waals surface area contributed by atoms with Crippen molar-refractivity contribution in [2.75, 3.05) is 0 Å². The van der Waals surface area contributed by atoms with Gasteiger partial charge in [0.25, 0.3) is 0 Å². The minimum absolute atomic E-state index is 0.858. The average Bonchev–Trinajstić information content (AvgIpc) is 3.10. The number of para-hydroxylation sites is 3. The van der Waals surface area contributed by atoms with Crippen LogP contribution in [0.3, 0.4) is 0 Å². The number of fused-ring (bicyclic) bond motifs is 1. The smallest absolute Gasteiger partial charge is 0.0894 e. The summed E-state index contributed by atoms with van der Waals surface area (Å²) >= 11 is 0. The minimum atomic E-state index is 0.858. The van der Waals surface area contributed by atoms with Gasteiger partial charge in [0.1, 0.15) is 0 Å². The SMILES string of the molecule is C(=Cc1cnc2ccccc2n1)c1ccn(-c2ccccc2)c1. The molecule has 0 amide bonds. The Bertz CT molecular complexity index is 968. The maximum absolute atomic E-state index is 4.60. The molecule has 0 fully saturated rings. The second-order valence-electron chi connectivity index (χ2n) is 5.30. The van der Waals surface area contributed by atoms with Gasteiger partial charge in [0, 0.05) is 18.1 Å². The van der Waals surface area contributed by atoms with Crippen molar-refractivity contribution >= 4 is 23.2 Å². The highest BCUT2D eigenvalue weighted by atomic mass is 14.9. The third-order valence-corrected chi connectivity index (χ3v) is 3.68. The molecule has 0 spiro atoms. The normalized spacial score (nSPS) is 11.3. The molecule has 0 saturated carbocycles. The fraction of sp³-hybridized carbons (Fsp3) is 0. The summed E-state index contributed by atoms with van der Waals surface area (Å²) in [5.41, 5.74) is 4.97. The molecule has 0 aliphatic carbocycles. The van der Waals surface area contributed by atoms with E-state index in [2.05, 4.69) is 51.2 Å². The highest BCUT2D eigenvalue weighted by molar-refractivity contribution is 5.76. The number of rotatable bonds is 3. The average molecular weight is 297 g/mol. The van der Waals surface area contributed by atoms with E-state index in [-0.39, 0.29) is 0 Å². The standard InChI is InChI=1S/C20H15N3/c1-2-6-18(7-3-1)23-13-12-16(15-23)10-11-17-14-21-19-8-4-5-9-20(19)22-17/h1-15H. The van der Waals surface area contributed by atoms with E-state index < -0.39 is 0 Å². The van der Waals surface area contributed by atoms with Gasteiger partial charge in [-0.15, -0.1) is 0 Å². The van der Waals surface area contributed by atoms with Crippen LogP contribution in [0.4, 0.5) is 0 Å². The highest BCUT2D eigenvalue weighted by Crippen LogP contribution is 2.14. The molecule has 0 N–H and O–H groups in total. The van der Waals surface area contributed by atoms with Gasteiger partial charge in [-0.3, -0.25) is 4.98 Å². The van der Waals surface area contributed by atoms with E-state index in [1.807, 2.05) is 48.5 Å². The van der Waals surface area contributed by atoms with Gasteiger partial charge in [0.05, 0.1) is 22.9 Å². The predicted octanol–water partition coefficient (Wildman–Crippen LogP) is 4.59. The molecule has 0 aliphatic rings. The third kappa shape index (κ3) is 2.90. The molecule has 4 rings (SSSR count). The van der Waals surface area contributed by atoms with Crippen molar-refractivity contribution in [2.24, 2.45) is 0 Å². The van der Waals surface area contributed by atoms with Crippen molar-refractivity contribution in [3.8, 4) is 5.69 Å². The first kappa shape index (κ1) is 13.5. The lowest BCUT2D eigenvalue weighted by Gasteiger charge is -2.00. The second-order valence-corrected chi connectivity index (χ2v) is 5.30. The van der Waals surface area contributed by atoms with E-state index >= 15 is 0 Å². The van der Waals surface area contributed by atoms with E-state index in [0.717, 1.165) is 28.0 Å². The number of hydrogen-bond acceptors (Lipinski definition) is 2. The Balaban J connectivity index is 1.59. The molecule has 0 bridgehead atoms. The molecule has 0 saturated heterocycles. The van der Waals surface area contributed by atoms with Gasteiger partial charge in [-0.25, -0.2) is 4.98 Å². The van der Waals surface area contributed by atoms with Gasteiger partial charge in [0.2, 0.25) is 0 Å². The molecule has 2 heterocycles. The van der Waals surface area contributed by atoms with Gasteiger partial charge in [0.15, 0.2) is 0 Å². The molecule has 0 atom stereocenters. The Morgan fingerprint density at radius 3 is 2.43 bits per heavy atom. The number of nitrogens with zero attached hydrogens (tertiary/aromatic N) is 3. The van der Waals surface area contributed by atoms with Crippen LogP contribution >= 0.6 is 0 Å². The van der Waals surface area contributed by atoms with Crippen molar-refractivity contribution < 1.29 is 0 Å². The summed E-state index contributed by atoms with van der Waals surface area (Å²) in [6.45, 7) is 0. The summed E-state index contributed by atoms with van der Waals surface area (Å²) < 4.78 is 2.10. The number of aromatic nitrogens is 3. The number of benzene rings is 2. The minimum Gasteiger partial charge on any atom is -0.323 e. The molecule has 3 nitrogen and oxygen atoms in total. The van der Waals surface area contributed by atoms with Crippen molar-refractivity contribution in [1.29, 1.82) is 0 Å². The Morgan fingerprint density at radius 1 is 0.783 bits per heavy atom. The molecule has 0 unspecified atom stereocenters. The molecule has 2 aromatic heterocycles. The van der Waals surface area contributed by atoms with Crippen LogP contribution in [0.1, 0.15) is 11.3 Å². The zero-order chi connectivity index (χ0) is 15.5. The molecular weight excluding hydrogens is 282 g/mol. The Hall–Kier alpha value is -3.20. The molecule has 0 radical (unpaired) electrons. The third-order valence-electron chi connectivity index (χ3n) is 3.68. The van der Waals surface area contributed by atoms with Crippen LogP contribution in [-0.4, -0.2) is 14.5 Å². The Kier molecular flexibility index (Phi) is 3.45. The summed E-state index contributed by atoms with van der Waals surface area (Å²) in [6, 6.07) is 20.2. The quantitative estimate of drug-likeness (QED) is 0.553. The fourth-order valence-corrected chi connectivity index (χ4v) is 2.51. The van der Waals surface area contributed by atoms with Crippen molar-refractivity contribution in [3.05, 3.63) is 90.5 Å². The summed E-state index contributed by atoms with van der Waals surface area (Å²) in [4.78, 5) is 9.03. The monoisotopic (exact) mass is 297 g/mol. The lowest BCUT2D eigenvalue weighted by atomic mass is 10.2. The van der Waals surface area contributed by atoms with Crippen LogP contribution in [0.25, 0.3) is 28.9 Å². The Labute approximate surface area is 134 Å². The van der Waals surface area contributed by atoms with E-state index in [9.17, 15) is 0 Å². The molecule has 2 aromatic carbocycles. The molecule has 3 heteroatoms. The molecule has 4 aromatic rings. The fourth-order valence-electron chi connectivity index (χ4n) is 2.51. The lowest BCUT2D eigenvalue weighted by Crippen LogP contribution is -1.87. The second kappa shape index (κ2) is 5.89. The van der Waals surface area contributed by atoms with Crippen molar-refractivity contribution in [1.82, 2.24) is 14.5 Å². The van der Waals surface area contributed by atoms with Crippen LogP contribution in [0, 0.1) is 0 Å². The lowest BCUT2D eigenvalue weighted by molar-refractivity contribution is 1.08. The van der Waals surface area contributed by atoms with Crippen molar-refractivity contribution in [2.45, 2.75) is 0 Å². The van der Waals surface area contributed by atoms with E-state index in [0.29, 0.717) is 0 Å². The maximum atomic E-state index is 4.60. The predicted molar refractivity (Wildman–Crippen MR) is 94.2 cm³/mol. The summed E-state index contributed by atoms with van der Waals surface area (Å²) in [6.07, 6.45) is 10.00. The first-order valence-corrected chi connectivity index (χ1v) is 7.52. The zero-order valence-corrected chi connectivity index (χ0v) is 12.5. The van der Waals surface area contributed by atoms with E-state index in [1.54, 1.807) is 6.20 Å². The van der Waals surface area contributed by atoms with E-state index in [1.165, 1.54) is 0 Å². The van der Waals surface area contributed by atoms with Crippen LogP contribution in [-0.2, 0) is 0 Å². The first-order valence-electron chi connectivity index (χ1n) is 7.52. The largest absolute Gasteiger partial charge is 0.323 e. The topological polar surface area (TPSA) is 30.7 Å². The van der Waals surface area contributed by atoms with E-state index in [4.69, 9.17) is 0 Å². The molecule has 110 valence electrons. The molecule has 23 heavy (non-hydrogen) atoms. The summed E-state index contributed by atoms with van der Waals surface area (Å²) in [5.74, 6) is 0. The van der Waals surface area contributed by atoms with Crippen LogP contribution in [0.15, 0.2) is 79.3 Å². The van der Waals surface area contributed by atoms with Gasteiger partial charge in [-0.05, 0) is 42.0 Å². The van der Waals surface area contributed by atoms with Crippen molar-refractivity contribution in [3.63, 3.8) is 0 Å². The van der Waals surface area contributed by atoms with Gasteiger partial charge < -0.3 is 4.57 Å². The first-order chi connectivity index (χ1) is 11.4. The molecular formula is C20H15N3. The van der Waals surface area contributed by atoms with Crippen LogP contribution < -0.4 is 0 Å². The molecule has 0 aliphatic heterocycles. The highest BCUT2D eigenvalue weighted by Gasteiger charge is 1.98. The summed E-state index contributed by atoms with van der Waals surface area (Å²) in [5, 5.41) is 0. The maximum Gasteiger partial charge on any atom is 0.0894 e. The Morgan fingerprint density at radius 2 is 1.57 bits per heavy atom. The van der Waals surface area contributed by atoms with Gasteiger partial charge >= 0.3 is 0 Å². The number of hydrogen-bond donors (Lipinski definition) is 0. The van der Waals surface area contributed by atoms with Crippen LogP contribution in [0.2, 0.25) is 0 Å².